The molecule has 0 atom stereocenters. The second-order valence-corrected chi connectivity index (χ2v) is 6.13. The molecule has 0 saturated heterocycles. The smallest absolute Gasteiger partial charge is 0.252 e. The summed E-state index contributed by atoms with van der Waals surface area (Å²) in [5.41, 5.74) is 6.43. The van der Waals surface area contributed by atoms with Crippen LogP contribution in [0.1, 0.15) is 32.1 Å². The molecule has 2 aromatic rings. The van der Waals surface area contributed by atoms with Crippen LogP contribution in [0.15, 0.2) is 23.1 Å². The maximum absolute atomic E-state index is 12.1. The highest BCUT2D eigenvalue weighted by atomic mass is 16.3. The van der Waals surface area contributed by atoms with Crippen molar-refractivity contribution < 1.29 is 5.11 Å². The van der Waals surface area contributed by atoms with E-state index in [-0.39, 0.29) is 12.2 Å². The molecular formula is C16H23N5O2. The van der Waals surface area contributed by atoms with Gasteiger partial charge < -0.3 is 16.2 Å². The van der Waals surface area contributed by atoms with Gasteiger partial charge in [-0.3, -0.25) is 9.36 Å². The summed E-state index contributed by atoms with van der Waals surface area (Å²) < 4.78 is 1.59. The van der Waals surface area contributed by atoms with Crippen LogP contribution in [0.3, 0.4) is 0 Å². The molecule has 4 N–H and O–H groups in total. The number of nitrogens with zero attached hydrogens (tertiary/aromatic N) is 3. The number of aryl methyl sites for hydroxylation is 1. The van der Waals surface area contributed by atoms with E-state index in [0.717, 1.165) is 31.1 Å². The summed E-state index contributed by atoms with van der Waals surface area (Å²) in [7, 11) is 0. The molecule has 0 aromatic carbocycles. The Kier molecular flexibility index (Phi) is 4.88. The van der Waals surface area contributed by atoms with E-state index in [1.165, 1.54) is 6.07 Å². The van der Waals surface area contributed by atoms with Gasteiger partial charge in [0.15, 0.2) is 0 Å². The molecule has 3 rings (SSSR count). The molecule has 124 valence electrons. The van der Waals surface area contributed by atoms with Gasteiger partial charge in [-0.15, -0.1) is 0 Å². The van der Waals surface area contributed by atoms with Crippen molar-refractivity contribution in [2.45, 2.75) is 50.7 Å². The predicted molar refractivity (Wildman–Crippen MR) is 89.4 cm³/mol. The minimum Gasteiger partial charge on any atom is -0.396 e. The molecular weight excluding hydrogens is 294 g/mol. The first-order chi connectivity index (χ1) is 11.2. The van der Waals surface area contributed by atoms with Crippen LogP contribution >= 0.6 is 0 Å². The van der Waals surface area contributed by atoms with Crippen molar-refractivity contribution in [1.82, 2.24) is 14.5 Å². The molecule has 7 heteroatoms. The zero-order valence-corrected chi connectivity index (χ0v) is 13.1. The maximum atomic E-state index is 12.1. The van der Waals surface area contributed by atoms with Gasteiger partial charge in [-0.25, -0.2) is 4.98 Å². The van der Waals surface area contributed by atoms with Crippen molar-refractivity contribution in [3.63, 3.8) is 0 Å². The summed E-state index contributed by atoms with van der Waals surface area (Å²) in [4.78, 5) is 20.9. The number of hydrogen-bond donors (Lipinski definition) is 3. The van der Waals surface area contributed by atoms with E-state index in [1.807, 2.05) is 0 Å². The summed E-state index contributed by atoms with van der Waals surface area (Å²) >= 11 is 0. The average Bonchev–Trinajstić information content (AvgIpc) is 2.56. The fourth-order valence-electron chi connectivity index (χ4n) is 3.03. The lowest BCUT2D eigenvalue weighted by Gasteiger charge is -2.26. The molecule has 0 bridgehead atoms. The second-order valence-electron chi connectivity index (χ2n) is 6.13. The number of hydrogen-bond acceptors (Lipinski definition) is 6. The van der Waals surface area contributed by atoms with Gasteiger partial charge in [0.05, 0.1) is 0 Å². The Morgan fingerprint density at radius 1 is 1.30 bits per heavy atom. The first-order valence-corrected chi connectivity index (χ1v) is 8.17. The molecule has 1 fully saturated rings. The van der Waals surface area contributed by atoms with Crippen molar-refractivity contribution in [3.8, 4) is 0 Å². The summed E-state index contributed by atoms with van der Waals surface area (Å²) in [6.45, 7) is 0.489. The summed E-state index contributed by atoms with van der Waals surface area (Å²) in [6, 6.07) is 3.87. The van der Waals surface area contributed by atoms with Gasteiger partial charge in [0.2, 0.25) is 5.95 Å². The topological polar surface area (TPSA) is 106 Å². The van der Waals surface area contributed by atoms with E-state index in [0.29, 0.717) is 36.6 Å². The molecule has 0 aliphatic heterocycles. The van der Waals surface area contributed by atoms with Crippen molar-refractivity contribution in [3.05, 3.63) is 28.7 Å². The first-order valence-electron chi connectivity index (χ1n) is 8.17. The Bertz CT molecular complexity index is 722. The SMILES string of the molecule is N[C@H]1CC[C@H](Nc2ncc3ccc(=O)n(CCCO)c3n2)CC1. The number of anilines is 1. The fraction of sp³-hybridized carbons (Fsp3) is 0.562. The highest BCUT2D eigenvalue weighted by molar-refractivity contribution is 5.75. The Labute approximate surface area is 134 Å². The van der Waals surface area contributed by atoms with E-state index in [2.05, 4.69) is 15.3 Å². The minimum absolute atomic E-state index is 0.0430. The summed E-state index contributed by atoms with van der Waals surface area (Å²) in [5.74, 6) is 0.543. The Morgan fingerprint density at radius 3 is 2.83 bits per heavy atom. The van der Waals surface area contributed by atoms with Gasteiger partial charge in [-0.05, 0) is 38.2 Å². The second kappa shape index (κ2) is 7.06. The zero-order valence-electron chi connectivity index (χ0n) is 13.1. The molecule has 7 nitrogen and oxygen atoms in total. The zero-order chi connectivity index (χ0) is 16.2. The monoisotopic (exact) mass is 317 g/mol. The molecule has 0 radical (unpaired) electrons. The van der Waals surface area contributed by atoms with Crippen molar-refractivity contribution >= 4 is 17.0 Å². The lowest BCUT2D eigenvalue weighted by molar-refractivity contribution is 0.280. The number of aromatic nitrogens is 3. The van der Waals surface area contributed by atoms with Crippen LogP contribution in [-0.4, -0.2) is 38.3 Å². The van der Waals surface area contributed by atoms with E-state index in [9.17, 15) is 4.79 Å². The fourth-order valence-corrected chi connectivity index (χ4v) is 3.03. The molecule has 23 heavy (non-hydrogen) atoms. The number of fused-ring (bicyclic) bond motifs is 1. The van der Waals surface area contributed by atoms with Crippen molar-refractivity contribution in [1.29, 1.82) is 0 Å². The lowest BCUT2D eigenvalue weighted by atomic mass is 9.92. The standard InChI is InChI=1S/C16H23N5O2/c17-12-3-5-13(6-4-12)19-16-18-10-11-2-7-14(23)21(8-1-9-22)15(11)20-16/h2,7,10,12-13,22H,1,3-6,8-9,17H2,(H,18,19,20)/t12-,13-. The summed E-state index contributed by atoms with van der Waals surface area (Å²) in [5, 5.41) is 13.2. The van der Waals surface area contributed by atoms with Crippen LogP contribution in [0.2, 0.25) is 0 Å². The van der Waals surface area contributed by atoms with Gasteiger partial charge in [0, 0.05) is 42.9 Å². The third kappa shape index (κ3) is 3.68. The number of aliphatic hydroxyl groups is 1. The molecule has 1 aliphatic carbocycles. The average molecular weight is 317 g/mol. The molecule has 2 aromatic heterocycles. The lowest BCUT2D eigenvalue weighted by Crippen LogP contribution is -2.33. The molecule has 0 amide bonds. The van der Waals surface area contributed by atoms with E-state index >= 15 is 0 Å². The molecule has 0 unspecified atom stereocenters. The Balaban J connectivity index is 1.86. The quantitative estimate of drug-likeness (QED) is 0.755. The number of nitrogens with one attached hydrogen (secondary N) is 1. The van der Waals surface area contributed by atoms with Crippen LogP contribution in [0.4, 0.5) is 5.95 Å². The van der Waals surface area contributed by atoms with Gasteiger partial charge in [0.1, 0.15) is 5.65 Å². The number of rotatable bonds is 5. The predicted octanol–water partition coefficient (Wildman–Crippen LogP) is 0.856. The first kappa shape index (κ1) is 15.9. The number of pyridine rings is 1. The van der Waals surface area contributed by atoms with E-state index < -0.39 is 0 Å². The van der Waals surface area contributed by atoms with Gasteiger partial charge in [-0.2, -0.15) is 4.98 Å². The van der Waals surface area contributed by atoms with Gasteiger partial charge in [-0.1, -0.05) is 0 Å². The molecule has 1 saturated carbocycles. The minimum atomic E-state index is -0.112. The third-order valence-electron chi connectivity index (χ3n) is 4.37. The largest absolute Gasteiger partial charge is 0.396 e. The van der Waals surface area contributed by atoms with Crippen molar-refractivity contribution in [2.75, 3.05) is 11.9 Å². The van der Waals surface area contributed by atoms with Crippen LogP contribution in [0.5, 0.6) is 0 Å². The number of aliphatic hydroxyl groups excluding tert-OH is 1. The normalized spacial score (nSPS) is 21.5. The highest BCUT2D eigenvalue weighted by Gasteiger charge is 2.19. The summed E-state index contributed by atoms with van der Waals surface area (Å²) in [6.07, 6.45) is 6.28. The third-order valence-corrected chi connectivity index (χ3v) is 4.37. The molecule has 2 heterocycles. The van der Waals surface area contributed by atoms with Crippen LogP contribution in [0.25, 0.3) is 11.0 Å². The van der Waals surface area contributed by atoms with E-state index in [4.69, 9.17) is 10.8 Å². The van der Waals surface area contributed by atoms with Crippen LogP contribution in [-0.2, 0) is 6.54 Å². The van der Waals surface area contributed by atoms with Crippen LogP contribution < -0.4 is 16.6 Å². The van der Waals surface area contributed by atoms with Gasteiger partial charge in [0.25, 0.3) is 5.56 Å². The Morgan fingerprint density at radius 2 is 2.09 bits per heavy atom. The Hall–Kier alpha value is -1.99. The maximum Gasteiger partial charge on any atom is 0.252 e. The van der Waals surface area contributed by atoms with Gasteiger partial charge >= 0.3 is 0 Å². The molecule has 1 aliphatic rings. The highest BCUT2D eigenvalue weighted by Crippen LogP contribution is 2.20. The molecule has 0 spiro atoms. The van der Waals surface area contributed by atoms with Crippen LogP contribution in [0, 0.1) is 0 Å². The number of nitrogens with two attached hydrogens (primary N) is 1. The van der Waals surface area contributed by atoms with Crippen molar-refractivity contribution in [2.24, 2.45) is 5.73 Å². The van der Waals surface area contributed by atoms with E-state index in [1.54, 1.807) is 16.8 Å².